The van der Waals surface area contributed by atoms with Crippen molar-refractivity contribution in [1.82, 2.24) is 24.3 Å². The fourth-order valence-corrected chi connectivity index (χ4v) is 3.80. The van der Waals surface area contributed by atoms with Crippen LogP contribution in [0.1, 0.15) is 12.1 Å². The largest absolute Gasteiger partial charge is 0.272 e. The molecule has 0 saturated heterocycles. The van der Waals surface area contributed by atoms with E-state index >= 15 is 0 Å². The summed E-state index contributed by atoms with van der Waals surface area (Å²) in [5.41, 5.74) is 2.17. The molecular formula is C17H20FN5O2S. The zero-order valence-corrected chi connectivity index (χ0v) is 15.4. The Hall–Kier alpha value is -2.52. The summed E-state index contributed by atoms with van der Waals surface area (Å²) in [7, 11) is -1.87. The second-order valence-corrected chi connectivity index (χ2v) is 7.68. The number of nitrogens with one attached hydrogen (secondary N) is 1. The van der Waals surface area contributed by atoms with Crippen molar-refractivity contribution in [3.05, 3.63) is 54.2 Å². The van der Waals surface area contributed by atoms with Crippen molar-refractivity contribution < 1.29 is 12.8 Å². The third kappa shape index (κ3) is 4.00. The Kier molecular flexibility index (Phi) is 5.19. The molecule has 0 radical (unpaired) electrons. The van der Waals surface area contributed by atoms with E-state index in [1.54, 1.807) is 30.8 Å². The molecule has 3 rings (SSSR count). The lowest BCUT2D eigenvalue weighted by Gasteiger charge is -2.06. The maximum Gasteiger partial charge on any atom is 0.243 e. The summed E-state index contributed by atoms with van der Waals surface area (Å²) in [5.74, 6) is -0.288. The molecule has 0 saturated carbocycles. The number of hydrogen-bond donors (Lipinski definition) is 1. The van der Waals surface area contributed by atoms with Gasteiger partial charge < -0.3 is 0 Å². The third-order valence-corrected chi connectivity index (χ3v) is 5.68. The van der Waals surface area contributed by atoms with E-state index in [1.807, 2.05) is 12.3 Å². The zero-order chi connectivity index (χ0) is 18.7. The number of halogens is 1. The topological polar surface area (TPSA) is 81.8 Å². The zero-order valence-electron chi connectivity index (χ0n) is 14.6. The van der Waals surface area contributed by atoms with Crippen LogP contribution in [0.3, 0.4) is 0 Å². The number of aryl methyl sites for hydroxylation is 2. The first-order valence-corrected chi connectivity index (χ1v) is 9.63. The van der Waals surface area contributed by atoms with Gasteiger partial charge in [-0.1, -0.05) is 0 Å². The van der Waals surface area contributed by atoms with Gasteiger partial charge in [-0.2, -0.15) is 10.2 Å². The van der Waals surface area contributed by atoms with Crippen LogP contribution in [0.5, 0.6) is 0 Å². The van der Waals surface area contributed by atoms with Crippen LogP contribution in [0, 0.1) is 12.7 Å². The highest BCUT2D eigenvalue weighted by atomic mass is 32.2. The lowest BCUT2D eigenvalue weighted by molar-refractivity contribution is 0.553. The van der Waals surface area contributed by atoms with Crippen LogP contribution in [0.2, 0.25) is 0 Å². The Balaban J connectivity index is 1.54. The van der Waals surface area contributed by atoms with E-state index in [-0.39, 0.29) is 10.7 Å². The van der Waals surface area contributed by atoms with Gasteiger partial charge in [-0.15, -0.1) is 0 Å². The fraction of sp³-hybridized carbons (Fsp3) is 0.294. The predicted molar refractivity (Wildman–Crippen MR) is 95.4 cm³/mol. The molecule has 26 heavy (non-hydrogen) atoms. The van der Waals surface area contributed by atoms with Gasteiger partial charge in [0.05, 0.1) is 17.6 Å². The van der Waals surface area contributed by atoms with Gasteiger partial charge in [0.15, 0.2) is 0 Å². The molecule has 0 spiro atoms. The molecule has 2 aromatic heterocycles. The number of sulfonamides is 1. The Morgan fingerprint density at radius 3 is 2.58 bits per heavy atom. The van der Waals surface area contributed by atoms with Gasteiger partial charge in [-0.25, -0.2) is 17.5 Å². The minimum absolute atomic E-state index is 0.192. The quantitative estimate of drug-likeness (QED) is 0.640. The van der Waals surface area contributed by atoms with E-state index in [4.69, 9.17) is 0 Å². The van der Waals surface area contributed by atoms with E-state index in [9.17, 15) is 12.8 Å². The monoisotopic (exact) mass is 377 g/mol. The lowest BCUT2D eigenvalue weighted by Crippen LogP contribution is -2.26. The van der Waals surface area contributed by atoms with Gasteiger partial charge >= 0.3 is 0 Å². The average Bonchev–Trinajstić information content (AvgIpc) is 3.20. The standard InChI is InChI=1S/C17H20FN5O2S/c1-13-17(12-19-22(13)2)26(24,25)20-9-3-10-23-11-8-16(21-23)14-4-6-15(18)7-5-14/h4-8,11-12,20H,3,9-10H2,1-2H3. The van der Waals surface area contributed by atoms with E-state index in [1.165, 1.54) is 23.0 Å². The molecule has 0 amide bonds. The molecule has 138 valence electrons. The molecule has 0 fully saturated rings. The number of hydrogen-bond acceptors (Lipinski definition) is 4. The summed E-state index contributed by atoms with van der Waals surface area (Å²) < 4.78 is 43.4. The molecule has 0 atom stereocenters. The highest BCUT2D eigenvalue weighted by Crippen LogP contribution is 2.17. The SMILES string of the molecule is Cc1c(S(=O)(=O)NCCCn2ccc(-c3ccc(F)cc3)n2)cnn1C. The van der Waals surface area contributed by atoms with E-state index in [2.05, 4.69) is 14.9 Å². The number of aromatic nitrogens is 4. The van der Waals surface area contributed by atoms with Crippen molar-refractivity contribution in [1.29, 1.82) is 0 Å². The van der Waals surface area contributed by atoms with Crippen molar-refractivity contribution in [3.63, 3.8) is 0 Å². The molecule has 0 aliphatic heterocycles. The summed E-state index contributed by atoms with van der Waals surface area (Å²) >= 11 is 0. The summed E-state index contributed by atoms with van der Waals surface area (Å²) in [6.45, 7) is 2.57. The van der Waals surface area contributed by atoms with Crippen LogP contribution in [0.15, 0.2) is 47.6 Å². The Morgan fingerprint density at radius 1 is 1.19 bits per heavy atom. The number of nitrogens with zero attached hydrogens (tertiary/aromatic N) is 4. The van der Waals surface area contributed by atoms with Gasteiger partial charge in [-0.3, -0.25) is 9.36 Å². The maximum atomic E-state index is 13.0. The fourth-order valence-electron chi connectivity index (χ4n) is 2.53. The van der Waals surface area contributed by atoms with Crippen molar-refractivity contribution >= 4 is 10.0 Å². The van der Waals surface area contributed by atoms with Crippen molar-refractivity contribution in [2.24, 2.45) is 7.05 Å². The molecule has 0 aliphatic carbocycles. The highest BCUT2D eigenvalue weighted by molar-refractivity contribution is 7.89. The molecule has 0 unspecified atom stereocenters. The molecule has 0 bridgehead atoms. The Labute approximate surface area is 151 Å². The smallest absolute Gasteiger partial charge is 0.243 e. The number of rotatable bonds is 7. The van der Waals surface area contributed by atoms with E-state index < -0.39 is 10.0 Å². The summed E-state index contributed by atoms with van der Waals surface area (Å²) in [6.07, 6.45) is 3.75. The second kappa shape index (κ2) is 7.38. The molecule has 0 aliphatic rings. The molecule has 9 heteroatoms. The van der Waals surface area contributed by atoms with E-state index in [0.717, 1.165) is 11.3 Å². The predicted octanol–water partition coefficient (Wildman–Crippen LogP) is 2.10. The van der Waals surface area contributed by atoms with Crippen molar-refractivity contribution in [2.75, 3.05) is 6.54 Å². The van der Waals surface area contributed by atoms with Gasteiger partial charge in [0, 0.05) is 31.9 Å². The van der Waals surface area contributed by atoms with Gasteiger partial charge in [0.2, 0.25) is 10.0 Å². The summed E-state index contributed by atoms with van der Waals surface area (Å²) in [6, 6.07) is 7.97. The first kappa shape index (κ1) is 18.3. The van der Waals surface area contributed by atoms with Gasteiger partial charge in [0.25, 0.3) is 0 Å². The lowest BCUT2D eigenvalue weighted by atomic mass is 10.1. The van der Waals surface area contributed by atoms with Crippen LogP contribution in [-0.4, -0.2) is 34.5 Å². The normalized spacial score (nSPS) is 11.8. The van der Waals surface area contributed by atoms with Crippen molar-refractivity contribution in [3.8, 4) is 11.3 Å². The van der Waals surface area contributed by atoms with Crippen molar-refractivity contribution in [2.45, 2.75) is 24.8 Å². The maximum absolute atomic E-state index is 13.0. The summed E-state index contributed by atoms with van der Waals surface area (Å²) in [4.78, 5) is 0.192. The molecular weight excluding hydrogens is 357 g/mol. The molecule has 1 N–H and O–H groups in total. The van der Waals surface area contributed by atoms with Gasteiger partial charge in [-0.05, 0) is 43.7 Å². The third-order valence-electron chi connectivity index (χ3n) is 4.12. The first-order valence-electron chi connectivity index (χ1n) is 8.14. The average molecular weight is 377 g/mol. The van der Waals surface area contributed by atoms with Crippen LogP contribution in [0.25, 0.3) is 11.3 Å². The van der Waals surface area contributed by atoms with Crippen LogP contribution < -0.4 is 4.72 Å². The van der Waals surface area contributed by atoms with Crippen LogP contribution >= 0.6 is 0 Å². The molecule has 3 aromatic rings. The van der Waals surface area contributed by atoms with Crippen LogP contribution in [-0.2, 0) is 23.6 Å². The highest BCUT2D eigenvalue weighted by Gasteiger charge is 2.19. The minimum Gasteiger partial charge on any atom is -0.272 e. The second-order valence-electron chi connectivity index (χ2n) is 5.94. The van der Waals surface area contributed by atoms with Crippen LogP contribution in [0.4, 0.5) is 4.39 Å². The summed E-state index contributed by atoms with van der Waals surface area (Å²) in [5, 5.41) is 8.38. The first-order chi connectivity index (χ1) is 12.4. The Bertz CT molecular complexity index is 993. The van der Waals surface area contributed by atoms with E-state index in [0.29, 0.717) is 25.2 Å². The minimum atomic E-state index is -3.56. The Morgan fingerprint density at radius 2 is 1.92 bits per heavy atom. The molecule has 2 heterocycles. The number of benzene rings is 1. The molecule has 7 nitrogen and oxygen atoms in total. The van der Waals surface area contributed by atoms with Gasteiger partial charge in [0.1, 0.15) is 10.7 Å². The molecule has 1 aromatic carbocycles.